The lowest BCUT2D eigenvalue weighted by atomic mass is 10.0. The number of non-ortho nitro benzene ring substituents is 1. The Bertz CT molecular complexity index is 1070. The highest BCUT2D eigenvalue weighted by Crippen LogP contribution is 2.35. The van der Waals surface area contributed by atoms with Crippen molar-refractivity contribution < 1.29 is 10.0 Å². The first-order valence-corrected chi connectivity index (χ1v) is 6.99. The first-order chi connectivity index (χ1) is 11.1. The van der Waals surface area contributed by atoms with Crippen LogP contribution < -0.4 is 0 Å². The molecule has 0 saturated heterocycles. The third kappa shape index (κ3) is 2.08. The Kier molecular flexibility index (Phi) is 2.77. The van der Waals surface area contributed by atoms with Crippen LogP contribution in [-0.4, -0.2) is 20.0 Å². The molecule has 0 atom stereocenters. The fourth-order valence-electron chi connectivity index (χ4n) is 2.74. The van der Waals surface area contributed by atoms with Gasteiger partial charge in [0.2, 0.25) is 0 Å². The van der Waals surface area contributed by atoms with E-state index in [4.69, 9.17) is 0 Å². The second kappa shape index (κ2) is 4.81. The van der Waals surface area contributed by atoms with E-state index in [2.05, 4.69) is 9.97 Å². The maximum Gasteiger partial charge on any atom is 0.271 e. The molecule has 6 nitrogen and oxygen atoms in total. The molecule has 0 aliphatic carbocycles. The number of hydrogen-bond donors (Lipinski definition) is 2. The molecule has 23 heavy (non-hydrogen) atoms. The number of aromatic hydroxyl groups is 1. The van der Waals surface area contributed by atoms with Crippen molar-refractivity contribution in [2.45, 2.75) is 0 Å². The molecule has 0 fully saturated rings. The van der Waals surface area contributed by atoms with Crippen molar-refractivity contribution in [3.8, 4) is 17.1 Å². The summed E-state index contributed by atoms with van der Waals surface area (Å²) < 4.78 is 0. The van der Waals surface area contributed by atoms with E-state index in [0.717, 1.165) is 10.8 Å². The number of benzene rings is 3. The molecule has 1 aromatic heterocycles. The normalized spacial score (nSPS) is 11.1. The second-order valence-electron chi connectivity index (χ2n) is 5.22. The van der Waals surface area contributed by atoms with Crippen molar-refractivity contribution in [3.05, 3.63) is 64.7 Å². The number of fused-ring (bicyclic) bond motifs is 2. The zero-order valence-electron chi connectivity index (χ0n) is 11.9. The van der Waals surface area contributed by atoms with Crippen LogP contribution in [0.4, 0.5) is 5.69 Å². The molecule has 1 heterocycles. The monoisotopic (exact) mass is 305 g/mol. The molecule has 0 spiro atoms. The number of nitrogens with one attached hydrogen (secondary N) is 1. The molecular weight excluding hydrogens is 294 g/mol. The minimum atomic E-state index is -0.449. The highest BCUT2D eigenvalue weighted by molar-refractivity contribution is 5.99. The van der Waals surface area contributed by atoms with Crippen molar-refractivity contribution in [1.29, 1.82) is 0 Å². The van der Waals surface area contributed by atoms with E-state index in [-0.39, 0.29) is 11.4 Å². The Morgan fingerprint density at radius 3 is 2.74 bits per heavy atom. The van der Waals surface area contributed by atoms with Gasteiger partial charge >= 0.3 is 0 Å². The van der Waals surface area contributed by atoms with Gasteiger partial charge < -0.3 is 10.1 Å². The number of imidazole rings is 1. The van der Waals surface area contributed by atoms with Crippen LogP contribution in [0.25, 0.3) is 33.2 Å². The first-order valence-electron chi connectivity index (χ1n) is 6.99. The van der Waals surface area contributed by atoms with Gasteiger partial charge in [0, 0.05) is 12.1 Å². The highest BCUT2D eigenvalue weighted by atomic mass is 16.6. The molecule has 4 aromatic rings. The molecule has 0 aliphatic heterocycles. The summed E-state index contributed by atoms with van der Waals surface area (Å²) in [5.74, 6) is 0.590. The number of rotatable bonds is 2. The number of nitro benzene ring substituents is 1. The summed E-state index contributed by atoms with van der Waals surface area (Å²) in [6.45, 7) is 0. The van der Waals surface area contributed by atoms with Crippen LogP contribution in [0.5, 0.6) is 5.75 Å². The van der Waals surface area contributed by atoms with Crippen LogP contribution >= 0.6 is 0 Å². The third-order valence-electron chi connectivity index (χ3n) is 3.82. The van der Waals surface area contributed by atoms with Crippen molar-refractivity contribution in [2.75, 3.05) is 0 Å². The van der Waals surface area contributed by atoms with Gasteiger partial charge in [0.1, 0.15) is 11.6 Å². The van der Waals surface area contributed by atoms with Crippen molar-refractivity contribution in [2.24, 2.45) is 0 Å². The molecule has 3 aromatic carbocycles. The fraction of sp³-hybridized carbons (Fsp3) is 0. The number of nitrogens with zero attached hydrogens (tertiary/aromatic N) is 2. The lowest BCUT2D eigenvalue weighted by Gasteiger charge is -2.06. The van der Waals surface area contributed by atoms with Gasteiger partial charge in [-0.25, -0.2) is 4.98 Å². The molecule has 0 aliphatic rings. The van der Waals surface area contributed by atoms with Gasteiger partial charge in [0.25, 0.3) is 5.69 Å². The zero-order chi connectivity index (χ0) is 16.0. The lowest BCUT2D eigenvalue weighted by molar-refractivity contribution is -0.384. The van der Waals surface area contributed by atoms with Gasteiger partial charge in [0.15, 0.2) is 0 Å². The fourth-order valence-corrected chi connectivity index (χ4v) is 2.74. The summed E-state index contributed by atoms with van der Waals surface area (Å²) in [4.78, 5) is 18.0. The Labute approximate surface area is 130 Å². The number of aromatic nitrogens is 2. The van der Waals surface area contributed by atoms with Crippen LogP contribution in [-0.2, 0) is 0 Å². The minimum Gasteiger partial charge on any atom is -0.507 e. The highest BCUT2D eigenvalue weighted by Gasteiger charge is 2.15. The molecule has 0 saturated carbocycles. The summed E-state index contributed by atoms with van der Waals surface area (Å²) in [7, 11) is 0. The summed E-state index contributed by atoms with van der Waals surface area (Å²) in [5.41, 5.74) is 1.75. The Balaban J connectivity index is 1.99. The van der Waals surface area contributed by atoms with Gasteiger partial charge in [-0.2, -0.15) is 0 Å². The van der Waals surface area contributed by atoms with E-state index in [0.29, 0.717) is 22.4 Å². The molecule has 0 unspecified atom stereocenters. The average molecular weight is 305 g/mol. The number of phenolic OH excluding ortho intramolecular Hbond substituents is 1. The van der Waals surface area contributed by atoms with Gasteiger partial charge in [0.05, 0.1) is 21.5 Å². The van der Waals surface area contributed by atoms with Crippen LogP contribution in [0.15, 0.2) is 54.6 Å². The van der Waals surface area contributed by atoms with Gasteiger partial charge in [-0.3, -0.25) is 10.1 Å². The van der Waals surface area contributed by atoms with Crippen LogP contribution in [0.3, 0.4) is 0 Å². The lowest BCUT2D eigenvalue weighted by Crippen LogP contribution is -1.86. The van der Waals surface area contributed by atoms with Crippen LogP contribution in [0, 0.1) is 10.1 Å². The molecule has 2 N–H and O–H groups in total. The predicted molar refractivity (Wildman–Crippen MR) is 87.4 cm³/mol. The topological polar surface area (TPSA) is 92.1 Å². The van der Waals surface area contributed by atoms with E-state index in [1.807, 2.05) is 30.3 Å². The predicted octanol–water partition coefficient (Wildman–Crippen LogP) is 4.00. The summed E-state index contributed by atoms with van der Waals surface area (Å²) in [5, 5.41) is 23.0. The summed E-state index contributed by atoms with van der Waals surface area (Å²) >= 11 is 0. The van der Waals surface area contributed by atoms with Crippen molar-refractivity contribution in [1.82, 2.24) is 9.97 Å². The van der Waals surface area contributed by atoms with Crippen LogP contribution in [0.2, 0.25) is 0 Å². The molecule has 0 amide bonds. The third-order valence-corrected chi connectivity index (χ3v) is 3.82. The molecule has 0 bridgehead atoms. The maximum absolute atomic E-state index is 10.9. The standard InChI is InChI=1S/C17H11N3O3/c21-15-8-5-10-3-1-2-4-12(10)16(15)17-18-13-7-6-11(20(22)23)9-14(13)19-17/h1-9,21H,(H,18,19). The molecule has 6 heteroatoms. The maximum atomic E-state index is 10.9. The van der Waals surface area contributed by atoms with Crippen LogP contribution in [0.1, 0.15) is 0 Å². The number of aromatic amines is 1. The molecule has 0 radical (unpaired) electrons. The Morgan fingerprint density at radius 1 is 1.09 bits per heavy atom. The smallest absolute Gasteiger partial charge is 0.271 e. The van der Waals surface area contributed by atoms with Gasteiger partial charge in [-0.15, -0.1) is 0 Å². The summed E-state index contributed by atoms with van der Waals surface area (Å²) in [6.07, 6.45) is 0. The minimum absolute atomic E-state index is 0.00478. The van der Waals surface area contributed by atoms with Crippen molar-refractivity contribution >= 4 is 27.5 Å². The van der Waals surface area contributed by atoms with E-state index in [1.54, 1.807) is 12.1 Å². The van der Waals surface area contributed by atoms with Crippen molar-refractivity contribution in [3.63, 3.8) is 0 Å². The second-order valence-corrected chi connectivity index (χ2v) is 5.22. The largest absolute Gasteiger partial charge is 0.507 e. The summed E-state index contributed by atoms with van der Waals surface area (Å²) in [6, 6.07) is 15.6. The quantitative estimate of drug-likeness (QED) is 0.432. The number of hydrogen-bond acceptors (Lipinski definition) is 4. The molecule has 112 valence electrons. The molecular formula is C17H11N3O3. The molecule has 4 rings (SSSR count). The Hall–Kier alpha value is -3.41. The van der Waals surface area contributed by atoms with Gasteiger partial charge in [-0.05, 0) is 22.9 Å². The average Bonchev–Trinajstić information content (AvgIpc) is 2.97. The first kappa shape index (κ1) is 13.3. The number of H-pyrrole nitrogens is 1. The SMILES string of the molecule is O=[N+]([O-])c1ccc2nc(-c3c(O)ccc4ccccc34)[nH]c2c1. The number of phenols is 1. The van der Waals surface area contributed by atoms with E-state index < -0.39 is 4.92 Å². The van der Waals surface area contributed by atoms with E-state index in [1.165, 1.54) is 12.1 Å². The number of nitro groups is 1. The van der Waals surface area contributed by atoms with E-state index >= 15 is 0 Å². The Morgan fingerprint density at radius 2 is 1.91 bits per heavy atom. The van der Waals surface area contributed by atoms with Gasteiger partial charge in [-0.1, -0.05) is 30.3 Å². The zero-order valence-corrected chi connectivity index (χ0v) is 11.9. The van der Waals surface area contributed by atoms with E-state index in [9.17, 15) is 15.2 Å².